The Hall–Kier alpha value is -1.14. The number of carbonyl (C=O) groups is 2. The zero-order valence-corrected chi connectivity index (χ0v) is 22.0. The van der Waals surface area contributed by atoms with Gasteiger partial charge in [0.1, 0.15) is 6.04 Å². The number of fused-ring (bicyclic) bond motifs is 5. The summed E-state index contributed by atoms with van der Waals surface area (Å²) < 4.78 is 0. The third-order valence-corrected chi connectivity index (χ3v) is 12.1. The molecule has 1 saturated heterocycles. The van der Waals surface area contributed by atoms with Crippen LogP contribution >= 0.6 is 0 Å². The van der Waals surface area contributed by atoms with Gasteiger partial charge in [0.15, 0.2) is 0 Å². The van der Waals surface area contributed by atoms with E-state index >= 15 is 0 Å². The lowest BCUT2D eigenvalue weighted by Crippen LogP contribution is -2.58. The number of nitrogens with zero attached hydrogens (tertiary/aromatic N) is 1. The third-order valence-electron chi connectivity index (χ3n) is 12.1. The number of carboxylic acid groups (broad SMARTS) is 1. The van der Waals surface area contributed by atoms with Crippen LogP contribution in [0.4, 0.5) is 0 Å². The Morgan fingerprint density at radius 1 is 0.943 bits per heavy atom. The summed E-state index contributed by atoms with van der Waals surface area (Å²) in [4.78, 5) is 26.0. The van der Waals surface area contributed by atoms with E-state index in [1.54, 1.807) is 4.90 Å². The molecule has 1 heterocycles. The number of rotatable bonds is 5. The van der Waals surface area contributed by atoms with Gasteiger partial charge in [-0.15, -0.1) is 0 Å². The molecule has 0 aromatic heterocycles. The first-order chi connectivity index (χ1) is 16.6. The van der Waals surface area contributed by atoms with Crippen LogP contribution in [0.2, 0.25) is 0 Å². The second-order valence-electron chi connectivity index (χ2n) is 13.5. The number of amides is 1. The van der Waals surface area contributed by atoms with Gasteiger partial charge in [-0.2, -0.15) is 0 Å². The van der Waals surface area contributed by atoms with Crippen molar-refractivity contribution in [2.75, 3.05) is 6.54 Å². The Balaban J connectivity index is 1.25. The maximum absolute atomic E-state index is 12.9. The monoisotopic (exact) mass is 489 g/mol. The van der Waals surface area contributed by atoms with Gasteiger partial charge in [0, 0.05) is 13.0 Å². The molecule has 4 aliphatic carbocycles. The number of aliphatic carboxylic acids is 1. The number of hydrogen-bond donors (Lipinski definition) is 3. The number of aliphatic hydroxyl groups is 2. The highest BCUT2D eigenvalue weighted by atomic mass is 16.4. The number of hydrogen-bond acceptors (Lipinski definition) is 4. The van der Waals surface area contributed by atoms with Crippen LogP contribution in [0.5, 0.6) is 0 Å². The molecule has 5 fully saturated rings. The molecule has 0 aromatic rings. The van der Waals surface area contributed by atoms with Crippen molar-refractivity contribution in [1.29, 1.82) is 0 Å². The fourth-order valence-corrected chi connectivity index (χ4v) is 10.3. The highest BCUT2D eigenvalue weighted by Gasteiger charge is 2.62. The molecule has 1 aliphatic heterocycles. The van der Waals surface area contributed by atoms with Gasteiger partial charge in [0.05, 0.1) is 12.2 Å². The standard InChI is InChI=1S/C29H47NO5/c1-17(6-9-26(33)30-14-4-5-24(30)27(34)35)20-7-8-21-19-16-25(32)23-15-18(31)10-12-29(23,3)22(19)11-13-28(20,21)2/h17-25,31-32H,4-16H2,1-3H3,(H,34,35)/t17-,18-,19+,20-,21+,22+,23+,24+,25+,28-,29-/m1/s1. The maximum Gasteiger partial charge on any atom is 0.326 e. The summed E-state index contributed by atoms with van der Waals surface area (Å²) >= 11 is 0. The van der Waals surface area contributed by atoms with E-state index < -0.39 is 12.0 Å². The third kappa shape index (κ3) is 4.15. The van der Waals surface area contributed by atoms with E-state index in [0.29, 0.717) is 49.0 Å². The van der Waals surface area contributed by atoms with Gasteiger partial charge in [-0.05, 0) is 117 Å². The van der Waals surface area contributed by atoms with Gasteiger partial charge in [0.25, 0.3) is 0 Å². The minimum Gasteiger partial charge on any atom is -0.480 e. The van der Waals surface area contributed by atoms with Crippen molar-refractivity contribution in [3.8, 4) is 0 Å². The summed E-state index contributed by atoms with van der Waals surface area (Å²) in [6, 6.07) is -0.634. The van der Waals surface area contributed by atoms with Gasteiger partial charge in [-0.3, -0.25) is 4.79 Å². The Labute approximate surface area is 210 Å². The van der Waals surface area contributed by atoms with Crippen LogP contribution < -0.4 is 0 Å². The van der Waals surface area contributed by atoms with Crippen LogP contribution in [0.3, 0.4) is 0 Å². The van der Waals surface area contributed by atoms with Crippen molar-refractivity contribution in [2.24, 2.45) is 46.3 Å². The van der Waals surface area contributed by atoms with E-state index in [1.807, 2.05) is 0 Å². The average Bonchev–Trinajstić information content (AvgIpc) is 3.43. The SMILES string of the molecule is C[C@H](CCC(=O)N1CCC[C@H]1C(=O)O)[C@H]1CC[C@H]2[C@@H]3C[C@H](O)[C@@H]4C[C@H](O)CC[C@]4(C)[C@H]3CC[C@]12C. The molecule has 11 atom stereocenters. The van der Waals surface area contributed by atoms with E-state index in [1.165, 1.54) is 25.7 Å². The molecule has 0 aromatic carbocycles. The average molecular weight is 490 g/mol. The van der Waals surface area contributed by atoms with Crippen LogP contribution in [-0.2, 0) is 9.59 Å². The molecule has 1 amide bonds. The van der Waals surface area contributed by atoms with Gasteiger partial charge >= 0.3 is 5.97 Å². The summed E-state index contributed by atoms with van der Waals surface area (Å²) in [6.45, 7) is 7.80. The molecule has 0 unspecified atom stereocenters. The maximum atomic E-state index is 12.9. The van der Waals surface area contributed by atoms with Crippen LogP contribution in [0.1, 0.15) is 97.8 Å². The molecule has 3 N–H and O–H groups in total. The second-order valence-corrected chi connectivity index (χ2v) is 13.5. The topological polar surface area (TPSA) is 98.1 Å². The van der Waals surface area contributed by atoms with E-state index in [2.05, 4.69) is 20.8 Å². The first-order valence-electron chi connectivity index (χ1n) is 14.4. The smallest absolute Gasteiger partial charge is 0.326 e. The number of carbonyl (C=O) groups excluding carboxylic acids is 1. The Morgan fingerprint density at radius 3 is 2.40 bits per heavy atom. The zero-order valence-electron chi connectivity index (χ0n) is 22.0. The van der Waals surface area contributed by atoms with Gasteiger partial charge in [-0.25, -0.2) is 4.79 Å². The minimum atomic E-state index is -0.870. The second kappa shape index (κ2) is 9.31. The molecule has 6 nitrogen and oxygen atoms in total. The molecule has 4 saturated carbocycles. The van der Waals surface area contributed by atoms with E-state index in [4.69, 9.17) is 0 Å². The Bertz CT molecular complexity index is 832. The lowest BCUT2D eigenvalue weighted by molar-refractivity contribution is -0.172. The molecule has 6 heteroatoms. The predicted octanol–water partition coefficient (Wildman–Crippen LogP) is 4.47. The highest BCUT2D eigenvalue weighted by Crippen LogP contribution is 2.68. The zero-order chi connectivity index (χ0) is 25.1. The fourth-order valence-electron chi connectivity index (χ4n) is 10.3. The summed E-state index contributed by atoms with van der Waals surface area (Å²) in [5.41, 5.74) is 0.410. The number of likely N-dealkylation sites (tertiary alicyclic amines) is 1. The molecule has 5 rings (SSSR count). The van der Waals surface area contributed by atoms with E-state index in [9.17, 15) is 24.9 Å². The van der Waals surface area contributed by atoms with Crippen LogP contribution in [0.15, 0.2) is 0 Å². The highest BCUT2D eigenvalue weighted by molar-refractivity contribution is 5.84. The normalized spacial score (nSPS) is 48.1. The van der Waals surface area contributed by atoms with Crippen LogP contribution in [0, 0.1) is 46.3 Å². The van der Waals surface area contributed by atoms with Crippen molar-refractivity contribution in [1.82, 2.24) is 4.90 Å². The molecule has 5 aliphatic rings. The molecule has 0 radical (unpaired) electrons. The lowest BCUT2D eigenvalue weighted by Gasteiger charge is -2.62. The fraction of sp³-hybridized carbons (Fsp3) is 0.931. The Kier molecular flexibility index (Phi) is 6.78. The summed E-state index contributed by atoms with van der Waals surface area (Å²) in [6.07, 6.45) is 10.6. The van der Waals surface area contributed by atoms with Crippen molar-refractivity contribution in [3.05, 3.63) is 0 Å². The van der Waals surface area contributed by atoms with Crippen molar-refractivity contribution < 1.29 is 24.9 Å². The van der Waals surface area contributed by atoms with E-state index in [0.717, 1.165) is 38.5 Å². The summed E-state index contributed by atoms with van der Waals surface area (Å²) in [7, 11) is 0. The summed E-state index contributed by atoms with van der Waals surface area (Å²) in [5, 5.41) is 31.0. The van der Waals surface area contributed by atoms with Crippen molar-refractivity contribution in [3.63, 3.8) is 0 Å². The quantitative estimate of drug-likeness (QED) is 0.529. The van der Waals surface area contributed by atoms with Gasteiger partial charge < -0.3 is 20.2 Å². The molecule has 0 spiro atoms. The molecule has 35 heavy (non-hydrogen) atoms. The first-order valence-corrected chi connectivity index (χ1v) is 14.4. The molecular formula is C29H47NO5. The van der Waals surface area contributed by atoms with Crippen LogP contribution in [-0.4, -0.2) is 56.9 Å². The van der Waals surface area contributed by atoms with Gasteiger partial charge in [0.2, 0.25) is 5.91 Å². The number of carboxylic acids is 1. The first kappa shape index (κ1) is 25.5. The molecule has 198 valence electrons. The largest absolute Gasteiger partial charge is 0.480 e. The van der Waals surface area contributed by atoms with E-state index in [-0.39, 0.29) is 34.9 Å². The van der Waals surface area contributed by atoms with Gasteiger partial charge in [-0.1, -0.05) is 20.8 Å². The Morgan fingerprint density at radius 2 is 1.66 bits per heavy atom. The lowest BCUT2D eigenvalue weighted by atomic mass is 9.44. The van der Waals surface area contributed by atoms with Crippen molar-refractivity contribution in [2.45, 2.75) is 116 Å². The molecular weight excluding hydrogens is 442 g/mol. The van der Waals surface area contributed by atoms with Crippen molar-refractivity contribution >= 4 is 11.9 Å². The number of aliphatic hydroxyl groups excluding tert-OH is 2. The predicted molar refractivity (Wildman–Crippen MR) is 133 cm³/mol. The summed E-state index contributed by atoms with van der Waals surface area (Å²) in [5.74, 6) is 2.27. The molecule has 0 bridgehead atoms. The minimum absolute atomic E-state index is 0.0130. The van der Waals surface area contributed by atoms with Crippen LogP contribution in [0.25, 0.3) is 0 Å².